The van der Waals surface area contributed by atoms with Crippen LogP contribution in [0.5, 0.6) is 0 Å². The second kappa shape index (κ2) is 58.8. The van der Waals surface area contributed by atoms with Crippen molar-refractivity contribution in [2.75, 3.05) is 39.6 Å². The molecule has 0 aromatic heterocycles. The van der Waals surface area contributed by atoms with Gasteiger partial charge in [-0.25, -0.2) is 9.13 Å². The van der Waals surface area contributed by atoms with Gasteiger partial charge in [0.1, 0.15) is 19.3 Å². The minimum atomic E-state index is -4.95. The Morgan fingerprint density at radius 1 is 0.318 bits per heavy atom. The number of phosphoric acid groups is 2. The molecule has 0 rings (SSSR count). The van der Waals surface area contributed by atoms with Gasteiger partial charge in [-0.05, 0) is 49.4 Å². The number of hydrogen-bond donors (Lipinski definition) is 3. The number of aliphatic hydroxyl groups excluding tert-OH is 1. The van der Waals surface area contributed by atoms with Crippen LogP contribution in [0.3, 0.4) is 0 Å². The summed E-state index contributed by atoms with van der Waals surface area (Å²) in [5.74, 6) is 0.803. The second-order valence-corrected chi connectivity index (χ2v) is 29.3. The van der Waals surface area contributed by atoms with Crippen LogP contribution in [0.15, 0.2) is 0 Å². The molecule has 3 N–H and O–H groups in total. The molecule has 0 bridgehead atoms. The number of phosphoric ester groups is 2. The normalized spacial score (nSPS) is 14.9. The summed E-state index contributed by atoms with van der Waals surface area (Å²) in [6.45, 7) is 14.0. The second-order valence-electron chi connectivity index (χ2n) is 26.4. The SMILES string of the molecule is CCC(C)CCCCCCCCC(=O)OC[C@H](COP(=O)(O)OC[C@@H](O)COP(=O)(O)OC[C@@H](COC(=O)CCCCCCCCC(C)C)OC(=O)CCCCCCCCC(C)CC)OC(=O)CCCCCCCCCCCCCCCCCCC(C)C. The summed E-state index contributed by atoms with van der Waals surface area (Å²) in [5.41, 5.74) is 0. The average molecular weight is 1300 g/mol. The van der Waals surface area contributed by atoms with Crippen LogP contribution in [0.4, 0.5) is 0 Å². The highest BCUT2D eigenvalue weighted by Gasteiger charge is 2.30. The van der Waals surface area contributed by atoms with Crippen molar-refractivity contribution in [2.45, 2.75) is 356 Å². The number of esters is 4. The lowest BCUT2D eigenvalue weighted by Crippen LogP contribution is -2.30. The van der Waals surface area contributed by atoms with E-state index in [1.54, 1.807) is 0 Å². The van der Waals surface area contributed by atoms with E-state index in [0.29, 0.717) is 31.6 Å². The highest BCUT2D eigenvalue weighted by atomic mass is 31.2. The molecule has 0 aliphatic carbocycles. The molecular formula is C69H134O17P2. The lowest BCUT2D eigenvalue weighted by molar-refractivity contribution is -0.161. The van der Waals surface area contributed by atoms with E-state index in [1.807, 2.05) is 0 Å². The highest BCUT2D eigenvalue weighted by molar-refractivity contribution is 7.47. The van der Waals surface area contributed by atoms with Crippen molar-refractivity contribution in [3.63, 3.8) is 0 Å². The number of hydrogen-bond acceptors (Lipinski definition) is 15. The first-order chi connectivity index (χ1) is 42.2. The largest absolute Gasteiger partial charge is 0.472 e. The fraction of sp³-hybridized carbons (Fsp3) is 0.942. The molecule has 0 spiro atoms. The smallest absolute Gasteiger partial charge is 0.462 e. The molecule has 0 amide bonds. The zero-order valence-corrected chi connectivity index (χ0v) is 59.1. The maximum atomic E-state index is 13.0. The van der Waals surface area contributed by atoms with Gasteiger partial charge in [0.25, 0.3) is 0 Å². The molecule has 88 heavy (non-hydrogen) atoms. The molecule has 0 radical (unpaired) electrons. The van der Waals surface area contributed by atoms with Gasteiger partial charge in [0.15, 0.2) is 12.2 Å². The Hall–Kier alpha value is -1.94. The summed E-state index contributed by atoms with van der Waals surface area (Å²) in [7, 11) is -9.90. The van der Waals surface area contributed by atoms with E-state index in [1.165, 1.54) is 128 Å². The van der Waals surface area contributed by atoms with E-state index in [0.717, 1.165) is 120 Å². The zero-order chi connectivity index (χ0) is 65.4. The van der Waals surface area contributed by atoms with Crippen LogP contribution in [-0.2, 0) is 65.4 Å². The molecular weight excluding hydrogens is 1160 g/mol. The van der Waals surface area contributed by atoms with E-state index in [2.05, 4.69) is 55.4 Å². The van der Waals surface area contributed by atoms with Crippen molar-refractivity contribution in [3.8, 4) is 0 Å². The number of rotatable bonds is 66. The Morgan fingerprint density at radius 3 is 0.807 bits per heavy atom. The Bertz CT molecular complexity index is 1750. The standard InChI is InChI=1S/C69H134O17P2/c1-9-61(7)47-39-31-24-27-34-42-50-67(72)80-55-64(85-68(73)51-43-35-22-20-18-16-14-12-11-13-15-17-19-21-29-37-45-59(3)4)57-83-87(75,76)81-53-63(70)54-82-88(77,78)84-58-65(56-79-66(71)49-41-33-26-23-30-38-46-60(5)6)86-69(74)52-44-36-28-25-32-40-48-62(8)10-2/h59-65,70H,9-58H2,1-8H3,(H,75,76)(H,77,78)/t61?,62?,63-,64-,65-/m1/s1. The summed E-state index contributed by atoms with van der Waals surface area (Å²) < 4.78 is 68.1. The topological polar surface area (TPSA) is 237 Å². The van der Waals surface area contributed by atoms with Crippen LogP contribution in [0.25, 0.3) is 0 Å². The Labute approximate surface area is 537 Å². The molecule has 0 saturated carbocycles. The number of carbonyl (C=O) groups is 4. The monoisotopic (exact) mass is 1300 g/mol. The molecule has 0 aromatic carbocycles. The summed E-state index contributed by atoms with van der Waals surface area (Å²) in [5, 5.41) is 10.6. The fourth-order valence-corrected chi connectivity index (χ4v) is 11.8. The number of aliphatic hydroxyl groups is 1. The molecule has 7 atom stereocenters. The molecule has 522 valence electrons. The fourth-order valence-electron chi connectivity index (χ4n) is 10.2. The minimum absolute atomic E-state index is 0.101. The maximum absolute atomic E-state index is 13.0. The maximum Gasteiger partial charge on any atom is 0.472 e. The quantitative estimate of drug-likeness (QED) is 0.0222. The molecule has 19 heteroatoms. The van der Waals surface area contributed by atoms with Crippen molar-refractivity contribution in [2.24, 2.45) is 23.7 Å². The Morgan fingerprint density at radius 2 is 0.545 bits per heavy atom. The van der Waals surface area contributed by atoms with E-state index in [9.17, 15) is 43.2 Å². The third-order valence-electron chi connectivity index (χ3n) is 16.5. The Kier molecular flexibility index (Phi) is 57.6. The van der Waals surface area contributed by atoms with Gasteiger partial charge in [-0.1, -0.05) is 287 Å². The predicted octanol–water partition coefficient (Wildman–Crippen LogP) is 19.3. The van der Waals surface area contributed by atoms with Crippen LogP contribution in [0.1, 0.15) is 338 Å². The van der Waals surface area contributed by atoms with Gasteiger partial charge in [-0.15, -0.1) is 0 Å². The van der Waals surface area contributed by atoms with Crippen molar-refractivity contribution in [1.29, 1.82) is 0 Å². The molecule has 4 unspecified atom stereocenters. The average Bonchev–Trinajstić information content (AvgIpc) is 3.59. The minimum Gasteiger partial charge on any atom is -0.462 e. The first-order valence-corrected chi connectivity index (χ1v) is 38.8. The predicted molar refractivity (Wildman–Crippen MR) is 354 cm³/mol. The summed E-state index contributed by atoms with van der Waals surface area (Å²) in [6, 6.07) is 0. The van der Waals surface area contributed by atoms with E-state index in [4.69, 9.17) is 37.0 Å². The summed E-state index contributed by atoms with van der Waals surface area (Å²) in [6.07, 6.45) is 40.6. The van der Waals surface area contributed by atoms with Gasteiger partial charge in [0.2, 0.25) is 0 Å². The van der Waals surface area contributed by atoms with Crippen molar-refractivity contribution < 1.29 is 80.2 Å². The molecule has 0 fully saturated rings. The molecule has 0 heterocycles. The summed E-state index contributed by atoms with van der Waals surface area (Å²) >= 11 is 0. The van der Waals surface area contributed by atoms with Gasteiger partial charge in [0.05, 0.1) is 26.4 Å². The molecule has 0 aliphatic rings. The number of unbranched alkanes of at least 4 members (excludes halogenated alkanes) is 30. The van der Waals surface area contributed by atoms with Crippen LogP contribution >= 0.6 is 15.6 Å². The molecule has 17 nitrogen and oxygen atoms in total. The van der Waals surface area contributed by atoms with Crippen molar-refractivity contribution in [3.05, 3.63) is 0 Å². The molecule has 0 aromatic rings. The van der Waals surface area contributed by atoms with E-state index < -0.39 is 97.5 Å². The first kappa shape index (κ1) is 86.1. The third-order valence-corrected chi connectivity index (χ3v) is 18.4. The molecule has 0 aliphatic heterocycles. The Balaban J connectivity index is 5.19. The van der Waals surface area contributed by atoms with Crippen LogP contribution in [0.2, 0.25) is 0 Å². The van der Waals surface area contributed by atoms with Crippen LogP contribution in [-0.4, -0.2) is 96.7 Å². The van der Waals surface area contributed by atoms with E-state index >= 15 is 0 Å². The van der Waals surface area contributed by atoms with Gasteiger partial charge in [0, 0.05) is 25.7 Å². The lowest BCUT2D eigenvalue weighted by Gasteiger charge is -2.21. The van der Waals surface area contributed by atoms with Crippen LogP contribution < -0.4 is 0 Å². The number of carbonyl (C=O) groups excluding carboxylic acids is 4. The lowest BCUT2D eigenvalue weighted by atomic mass is 10.00. The third kappa shape index (κ3) is 60.3. The first-order valence-electron chi connectivity index (χ1n) is 35.8. The van der Waals surface area contributed by atoms with Crippen LogP contribution in [0, 0.1) is 23.7 Å². The zero-order valence-electron chi connectivity index (χ0n) is 57.3. The number of ether oxygens (including phenoxy) is 4. The van der Waals surface area contributed by atoms with E-state index in [-0.39, 0.29) is 25.7 Å². The highest BCUT2D eigenvalue weighted by Crippen LogP contribution is 2.45. The summed E-state index contributed by atoms with van der Waals surface area (Å²) in [4.78, 5) is 72.4. The van der Waals surface area contributed by atoms with Gasteiger partial charge >= 0.3 is 39.5 Å². The molecule has 0 saturated heterocycles. The van der Waals surface area contributed by atoms with Crippen molar-refractivity contribution in [1.82, 2.24) is 0 Å². The van der Waals surface area contributed by atoms with Gasteiger partial charge in [-0.3, -0.25) is 37.3 Å². The van der Waals surface area contributed by atoms with Gasteiger partial charge in [-0.2, -0.15) is 0 Å². The van der Waals surface area contributed by atoms with Crippen molar-refractivity contribution >= 4 is 39.5 Å². The van der Waals surface area contributed by atoms with Gasteiger partial charge < -0.3 is 33.8 Å².